The number of benzene rings is 1. The molecule has 0 fully saturated rings. The molecule has 7 heteroatoms. The Morgan fingerprint density at radius 2 is 2.00 bits per heavy atom. The van der Waals surface area contributed by atoms with Gasteiger partial charge in [-0.15, -0.1) is 0 Å². The van der Waals surface area contributed by atoms with Crippen LogP contribution in [0.2, 0.25) is 0 Å². The number of methoxy groups -OCH3 is 1. The first-order valence-electron chi connectivity index (χ1n) is 8.72. The van der Waals surface area contributed by atoms with Crippen LogP contribution in [-0.4, -0.2) is 38.8 Å². The highest BCUT2D eigenvalue weighted by molar-refractivity contribution is 5.94. The molecule has 0 unspecified atom stereocenters. The molecule has 0 spiro atoms. The SMILES string of the molecule is COc1ccc(-c2cc(C)c3ncnc(NCCc4cn[nH]c4)c3c2)cn1. The molecular formula is C20H20N6O. The van der Waals surface area contributed by atoms with Crippen LogP contribution in [0.15, 0.2) is 49.2 Å². The Morgan fingerprint density at radius 3 is 2.74 bits per heavy atom. The van der Waals surface area contributed by atoms with Gasteiger partial charge in [0.15, 0.2) is 0 Å². The van der Waals surface area contributed by atoms with E-state index in [1.54, 1.807) is 13.4 Å². The van der Waals surface area contributed by atoms with Gasteiger partial charge >= 0.3 is 0 Å². The normalized spacial score (nSPS) is 10.9. The number of ether oxygens (including phenoxy) is 1. The summed E-state index contributed by atoms with van der Waals surface area (Å²) in [6, 6.07) is 8.09. The van der Waals surface area contributed by atoms with E-state index in [4.69, 9.17) is 4.74 Å². The zero-order valence-electron chi connectivity index (χ0n) is 15.2. The highest BCUT2D eigenvalue weighted by Gasteiger charge is 2.10. The van der Waals surface area contributed by atoms with Gasteiger partial charge < -0.3 is 10.1 Å². The third-order valence-electron chi connectivity index (χ3n) is 4.47. The Hall–Kier alpha value is -3.48. The van der Waals surface area contributed by atoms with Gasteiger partial charge in [-0.3, -0.25) is 5.10 Å². The molecule has 0 aliphatic heterocycles. The minimum absolute atomic E-state index is 0.598. The largest absolute Gasteiger partial charge is 0.481 e. The molecule has 2 N–H and O–H groups in total. The van der Waals surface area contributed by atoms with E-state index in [-0.39, 0.29) is 0 Å². The smallest absolute Gasteiger partial charge is 0.212 e. The monoisotopic (exact) mass is 360 g/mol. The van der Waals surface area contributed by atoms with E-state index in [0.29, 0.717) is 5.88 Å². The van der Waals surface area contributed by atoms with Gasteiger partial charge in [0.05, 0.1) is 18.8 Å². The molecule has 27 heavy (non-hydrogen) atoms. The number of nitrogens with one attached hydrogen (secondary N) is 2. The fraction of sp³-hybridized carbons (Fsp3) is 0.200. The minimum atomic E-state index is 0.598. The highest BCUT2D eigenvalue weighted by atomic mass is 16.5. The lowest BCUT2D eigenvalue weighted by atomic mass is 10.0. The summed E-state index contributed by atoms with van der Waals surface area (Å²) in [5.74, 6) is 1.43. The van der Waals surface area contributed by atoms with Gasteiger partial charge in [0.1, 0.15) is 12.1 Å². The molecule has 0 saturated heterocycles. The Morgan fingerprint density at radius 1 is 1.07 bits per heavy atom. The van der Waals surface area contributed by atoms with Crippen LogP contribution in [0.5, 0.6) is 5.88 Å². The van der Waals surface area contributed by atoms with Gasteiger partial charge in [-0.2, -0.15) is 5.10 Å². The topological polar surface area (TPSA) is 88.6 Å². The molecule has 0 bridgehead atoms. The maximum atomic E-state index is 5.15. The van der Waals surface area contributed by atoms with E-state index in [1.807, 2.05) is 30.7 Å². The number of fused-ring (bicyclic) bond motifs is 1. The molecule has 0 aliphatic rings. The van der Waals surface area contributed by atoms with Gasteiger partial charge in [0.25, 0.3) is 0 Å². The third kappa shape index (κ3) is 3.57. The number of aryl methyl sites for hydroxylation is 1. The molecule has 4 aromatic rings. The Bertz CT molecular complexity index is 1040. The quantitative estimate of drug-likeness (QED) is 0.548. The zero-order chi connectivity index (χ0) is 18.6. The van der Waals surface area contributed by atoms with E-state index < -0.39 is 0 Å². The first-order valence-corrected chi connectivity index (χ1v) is 8.72. The fourth-order valence-corrected chi connectivity index (χ4v) is 3.06. The number of anilines is 1. The van der Waals surface area contributed by atoms with Crippen molar-refractivity contribution >= 4 is 16.7 Å². The minimum Gasteiger partial charge on any atom is -0.481 e. The summed E-state index contributed by atoms with van der Waals surface area (Å²) < 4.78 is 5.15. The van der Waals surface area contributed by atoms with E-state index in [1.165, 1.54) is 0 Å². The first-order chi connectivity index (χ1) is 13.2. The molecule has 1 aromatic carbocycles. The molecular weight excluding hydrogens is 340 g/mol. The Labute approximate surface area is 156 Å². The molecule has 0 radical (unpaired) electrons. The van der Waals surface area contributed by atoms with E-state index in [9.17, 15) is 0 Å². The number of H-pyrrole nitrogens is 1. The van der Waals surface area contributed by atoms with Crippen molar-refractivity contribution in [1.82, 2.24) is 25.1 Å². The number of aromatic nitrogens is 5. The molecule has 3 heterocycles. The Kier molecular flexibility index (Phi) is 4.65. The lowest BCUT2D eigenvalue weighted by Crippen LogP contribution is -2.07. The van der Waals surface area contributed by atoms with Crippen LogP contribution in [0.1, 0.15) is 11.1 Å². The van der Waals surface area contributed by atoms with Gasteiger partial charge in [-0.1, -0.05) is 0 Å². The number of aromatic amines is 1. The van der Waals surface area contributed by atoms with Crippen LogP contribution in [0.25, 0.3) is 22.0 Å². The van der Waals surface area contributed by atoms with Crippen molar-refractivity contribution in [2.45, 2.75) is 13.3 Å². The van der Waals surface area contributed by atoms with Crippen molar-refractivity contribution in [3.05, 3.63) is 60.3 Å². The molecule has 0 aliphatic carbocycles. The number of hydrogen-bond acceptors (Lipinski definition) is 6. The summed E-state index contributed by atoms with van der Waals surface area (Å²) in [7, 11) is 1.61. The van der Waals surface area contributed by atoms with Crippen LogP contribution in [0, 0.1) is 6.92 Å². The van der Waals surface area contributed by atoms with Crippen molar-refractivity contribution < 1.29 is 4.74 Å². The van der Waals surface area contributed by atoms with Gasteiger partial charge in [-0.25, -0.2) is 15.0 Å². The second kappa shape index (κ2) is 7.41. The zero-order valence-corrected chi connectivity index (χ0v) is 15.2. The predicted molar refractivity (Wildman–Crippen MR) is 105 cm³/mol. The molecule has 4 rings (SSSR count). The van der Waals surface area contributed by atoms with E-state index in [2.05, 4.69) is 49.5 Å². The van der Waals surface area contributed by atoms with E-state index >= 15 is 0 Å². The second-order valence-electron chi connectivity index (χ2n) is 6.28. The number of rotatable bonds is 6. The van der Waals surface area contributed by atoms with Gasteiger partial charge in [-0.05, 0) is 48.2 Å². The highest BCUT2D eigenvalue weighted by Crippen LogP contribution is 2.29. The van der Waals surface area contributed by atoms with Crippen LogP contribution in [0.3, 0.4) is 0 Å². The second-order valence-corrected chi connectivity index (χ2v) is 6.28. The summed E-state index contributed by atoms with van der Waals surface area (Å²) in [5, 5.41) is 11.2. The van der Waals surface area contributed by atoms with E-state index in [0.717, 1.165) is 51.9 Å². The van der Waals surface area contributed by atoms with Gasteiger partial charge in [0, 0.05) is 36.0 Å². The van der Waals surface area contributed by atoms with Crippen molar-refractivity contribution in [2.24, 2.45) is 0 Å². The molecule has 0 amide bonds. The van der Waals surface area contributed by atoms with Crippen molar-refractivity contribution in [3.63, 3.8) is 0 Å². The average molecular weight is 360 g/mol. The van der Waals surface area contributed by atoms with Gasteiger partial charge in [0.2, 0.25) is 5.88 Å². The number of nitrogens with zero attached hydrogens (tertiary/aromatic N) is 4. The summed E-state index contributed by atoms with van der Waals surface area (Å²) in [4.78, 5) is 13.2. The summed E-state index contributed by atoms with van der Waals surface area (Å²) in [5.41, 5.74) is 5.29. The molecule has 0 saturated carbocycles. The predicted octanol–water partition coefficient (Wildman–Crippen LogP) is 3.39. The summed E-state index contributed by atoms with van der Waals surface area (Å²) in [6.07, 6.45) is 8.01. The maximum absolute atomic E-state index is 5.15. The fourth-order valence-electron chi connectivity index (χ4n) is 3.06. The lowest BCUT2D eigenvalue weighted by Gasteiger charge is -2.11. The lowest BCUT2D eigenvalue weighted by molar-refractivity contribution is 0.398. The summed E-state index contributed by atoms with van der Waals surface area (Å²) in [6.45, 7) is 2.82. The van der Waals surface area contributed by atoms with Crippen molar-refractivity contribution in [3.8, 4) is 17.0 Å². The molecule has 3 aromatic heterocycles. The summed E-state index contributed by atoms with van der Waals surface area (Å²) >= 11 is 0. The van der Waals surface area contributed by atoms with Crippen LogP contribution in [-0.2, 0) is 6.42 Å². The standard InChI is InChI=1S/C20H20N6O/c1-13-7-16(15-3-4-18(27-2)22-11-15)8-17-19(13)23-12-24-20(17)21-6-5-14-9-25-26-10-14/h3-4,7-12H,5-6H2,1-2H3,(H,25,26)(H,21,23,24). The van der Waals surface area contributed by atoms with Crippen LogP contribution >= 0.6 is 0 Å². The number of pyridine rings is 1. The van der Waals surface area contributed by atoms with Crippen LogP contribution < -0.4 is 10.1 Å². The van der Waals surface area contributed by atoms with Crippen molar-refractivity contribution in [1.29, 1.82) is 0 Å². The number of hydrogen-bond donors (Lipinski definition) is 2. The van der Waals surface area contributed by atoms with Crippen LogP contribution in [0.4, 0.5) is 5.82 Å². The molecule has 0 atom stereocenters. The molecule has 7 nitrogen and oxygen atoms in total. The molecule has 136 valence electrons. The average Bonchev–Trinajstić information content (AvgIpc) is 3.22. The Balaban J connectivity index is 1.66. The third-order valence-corrected chi connectivity index (χ3v) is 4.47. The maximum Gasteiger partial charge on any atom is 0.212 e. The van der Waals surface area contributed by atoms with Crippen molar-refractivity contribution in [2.75, 3.05) is 19.0 Å². The first kappa shape index (κ1) is 17.0.